The topological polar surface area (TPSA) is 111 Å². The van der Waals surface area contributed by atoms with Crippen molar-refractivity contribution in [3.05, 3.63) is 70.9 Å². The molecule has 2 aromatic carbocycles. The largest absolute Gasteiger partial charge is 0.445 e. The van der Waals surface area contributed by atoms with Crippen LogP contribution in [0.4, 0.5) is 17.1 Å². The molecule has 2 N–H and O–H groups in total. The van der Waals surface area contributed by atoms with Gasteiger partial charge in [0.1, 0.15) is 5.76 Å². The summed E-state index contributed by atoms with van der Waals surface area (Å²) in [5.41, 5.74) is 4.56. The monoisotopic (exact) mass is 558 g/mol. The standard InChI is InChI=1S/C31H38N6O4/c1-21-8-4-5-9-26(21)35-16-18-36(19-17-35)27-12-11-24(30(39)32-13-7-15-37-14-6-10-28(37)38)20-25(27)34-31(40)29-22(2)41-23(3)33-29/h4-5,8-9,11-12,20H,6-7,10,13-19H2,1-3H3,(H,32,39)(H,34,40). The van der Waals surface area contributed by atoms with Crippen molar-refractivity contribution in [3.63, 3.8) is 0 Å². The maximum absolute atomic E-state index is 13.2. The number of aryl methyl sites for hydroxylation is 3. The van der Waals surface area contributed by atoms with E-state index in [4.69, 9.17) is 4.42 Å². The van der Waals surface area contributed by atoms with Gasteiger partial charge >= 0.3 is 0 Å². The minimum absolute atomic E-state index is 0.185. The lowest BCUT2D eigenvalue weighted by Gasteiger charge is -2.38. The average Bonchev–Trinajstić information content (AvgIpc) is 3.54. The summed E-state index contributed by atoms with van der Waals surface area (Å²) in [5, 5.41) is 5.95. The van der Waals surface area contributed by atoms with Crippen molar-refractivity contribution in [1.29, 1.82) is 0 Å². The summed E-state index contributed by atoms with van der Waals surface area (Å²) in [6.07, 6.45) is 2.21. The van der Waals surface area contributed by atoms with Crippen LogP contribution < -0.4 is 20.4 Å². The number of oxazole rings is 1. The molecule has 3 heterocycles. The van der Waals surface area contributed by atoms with Gasteiger partial charge in [0.25, 0.3) is 11.8 Å². The number of aromatic nitrogens is 1. The predicted molar refractivity (Wildman–Crippen MR) is 159 cm³/mol. The third kappa shape index (κ3) is 6.53. The molecule has 0 saturated carbocycles. The van der Waals surface area contributed by atoms with Crippen molar-refractivity contribution in [3.8, 4) is 0 Å². The van der Waals surface area contributed by atoms with Crippen molar-refractivity contribution >= 4 is 34.8 Å². The van der Waals surface area contributed by atoms with Crippen molar-refractivity contribution in [1.82, 2.24) is 15.2 Å². The second-order valence-corrected chi connectivity index (χ2v) is 10.7. The first-order chi connectivity index (χ1) is 19.8. The first kappa shape index (κ1) is 28.2. The Morgan fingerprint density at radius 1 is 0.927 bits per heavy atom. The van der Waals surface area contributed by atoms with Crippen LogP contribution in [0.1, 0.15) is 57.3 Å². The summed E-state index contributed by atoms with van der Waals surface area (Å²) >= 11 is 0. The zero-order valence-corrected chi connectivity index (χ0v) is 24.0. The molecular weight excluding hydrogens is 520 g/mol. The molecule has 2 saturated heterocycles. The smallest absolute Gasteiger partial charge is 0.277 e. The highest BCUT2D eigenvalue weighted by Crippen LogP contribution is 2.30. The predicted octanol–water partition coefficient (Wildman–Crippen LogP) is 3.92. The summed E-state index contributed by atoms with van der Waals surface area (Å²) in [5.74, 6) is 0.442. The van der Waals surface area contributed by atoms with Crippen molar-refractivity contribution in [2.24, 2.45) is 0 Å². The number of amides is 3. The summed E-state index contributed by atoms with van der Waals surface area (Å²) in [4.78, 5) is 48.8. The lowest BCUT2D eigenvalue weighted by Crippen LogP contribution is -2.47. The Balaban J connectivity index is 1.30. The molecule has 2 aliphatic heterocycles. The molecule has 1 aromatic heterocycles. The second-order valence-electron chi connectivity index (χ2n) is 10.7. The number of hydrogen-bond donors (Lipinski definition) is 2. The number of para-hydroxylation sites is 1. The Labute approximate surface area is 240 Å². The van der Waals surface area contributed by atoms with Crippen LogP contribution in [-0.4, -0.2) is 73.4 Å². The van der Waals surface area contributed by atoms with Crippen molar-refractivity contribution in [2.45, 2.75) is 40.0 Å². The van der Waals surface area contributed by atoms with E-state index in [1.165, 1.54) is 11.3 Å². The Bertz CT molecular complexity index is 1430. The summed E-state index contributed by atoms with van der Waals surface area (Å²) < 4.78 is 5.47. The number of rotatable bonds is 9. The zero-order valence-electron chi connectivity index (χ0n) is 24.0. The van der Waals surface area contributed by atoms with Crippen molar-refractivity contribution in [2.75, 3.05) is 60.9 Å². The van der Waals surface area contributed by atoms with Gasteiger partial charge in [-0.25, -0.2) is 4.98 Å². The van der Waals surface area contributed by atoms with Crippen LogP contribution in [0.3, 0.4) is 0 Å². The van der Waals surface area contributed by atoms with E-state index in [1.54, 1.807) is 26.0 Å². The molecule has 0 unspecified atom stereocenters. The fourth-order valence-electron chi connectivity index (χ4n) is 5.60. The third-order valence-electron chi connectivity index (χ3n) is 7.76. The van der Waals surface area contributed by atoms with Gasteiger partial charge in [0.15, 0.2) is 11.6 Å². The van der Waals surface area contributed by atoms with E-state index in [0.29, 0.717) is 48.8 Å². The first-order valence-corrected chi connectivity index (χ1v) is 14.3. The van der Waals surface area contributed by atoms with Gasteiger partial charge in [0.05, 0.1) is 11.4 Å². The zero-order chi connectivity index (χ0) is 28.9. The summed E-state index contributed by atoms with van der Waals surface area (Å²) in [6, 6.07) is 13.8. The fourth-order valence-corrected chi connectivity index (χ4v) is 5.60. The first-order valence-electron chi connectivity index (χ1n) is 14.3. The van der Waals surface area contributed by atoms with Gasteiger partial charge in [0.2, 0.25) is 5.91 Å². The highest BCUT2D eigenvalue weighted by atomic mass is 16.4. The Kier molecular flexibility index (Phi) is 8.56. The van der Waals surface area contributed by atoms with E-state index < -0.39 is 0 Å². The molecule has 0 aliphatic carbocycles. The number of piperazine rings is 1. The van der Waals surface area contributed by atoms with Crippen LogP contribution in [0.25, 0.3) is 0 Å². The van der Waals surface area contributed by atoms with E-state index >= 15 is 0 Å². The molecule has 3 amide bonds. The van der Waals surface area contributed by atoms with Gasteiger partial charge < -0.3 is 29.8 Å². The number of likely N-dealkylation sites (tertiary alicyclic amines) is 1. The molecule has 5 rings (SSSR count). The van der Waals surface area contributed by atoms with Gasteiger partial charge in [-0.15, -0.1) is 0 Å². The number of nitrogens with zero attached hydrogens (tertiary/aromatic N) is 4. The Morgan fingerprint density at radius 2 is 1.66 bits per heavy atom. The summed E-state index contributed by atoms with van der Waals surface area (Å²) in [7, 11) is 0. The molecule has 41 heavy (non-hydrogen) atoms. The van der Waals surface area contributed by atoms with Crippen LogP contribution in [0.2, 0.25) is 0 Å². The minimum atomic E-state index is -0.382. The van der Waals surface area contributed by atoms with Crippen LogP contribution >= 0.6 is 0 Å². The molecular formula is C31H38N6O4. The van der Waals surface area contributed by atoms with Crippen molar-refractivity contribution < 1.29 is 18.8 Å². The van der Waals surface area contributed by atoms with Gasteiger partial charge in [-0.05, 0) is 56.5 Å². The van der Waals surface area contributed by atoms with Crippen LogP contribution in [0.5, 0.6) is 0 Å². The lowest BCUT2D eigenvalue weighted by molar-refractivity contribution is -0.127. The maximum atomic E-state index is 13.2. The maximum Gasteiger partial charge on any atom is 0.277 e. The Hall–Kier alpha value is -4.34. The van der Waals surface area contributed by atoms with Gasteiger partial charge in [-0.2, -0.15) is 0 Å². The normalized spacial score (nSPS) is 15.4. The van der Waals surface area contributed by atoms with Crippen LogP contribution in [0, 0.1) is 20.8 Å². The average molecular weight is 559 g/mol. The van der Waals surface area contributed by atoms with Gasteiger partial charge in [-0.3, -0.25) is 14.4 Å². The fraction of sp³-hybridized carbons (Fsp3) is 0.419. The minimum Gasteiger partial charge on any atom is -0.445 e. The molecule has 0 atom stereocenters. The molecule has 10 heteroatoms. The van der Waals surface area contributed by atoms with E-state index in [0.717, 1.165) is 44.8 Å². The molecule has 2 fully saturated rings. The third-order valence-corrected chi connectivity index (χ3v) is 7.76. The second kappa shape index (κ2) is 12.4. The molecule has 3 aromatic rings. The lowest BCUT2D eigenvalue weighted by atomic mass is 10.1. The molecule has 0 bridgehead atoms. The SMILES string of the molecule is Cc1nc(C(=O)Nc2cc(C(=O)NCCCN3CCCC3=O)ccc2N2CCN(c3ccccc3C)CC2)c(C)o1. The number of carbonyl (C=O) groups is 3. The van der Waals surface area contributed by atoms with Crippen LogP contribution in [-0.2, 0) is 4.79 Å². The molecule has 0 spiro atoms. The highest BCUT2D eigenvalue weighted by molar-refractivity contribution is 6.06. The van der Waals surface area contributed by atoms with E-state index in [1.807, 2.05) is 17.0 Å². The van der Waals surface area contributed by atoms with E-state index in [9.17, 15) is 14.4 Å². The molecule has 216 valence electrons. The van der Waals surface area contributed by atoms with Gasteiger partial charge in [-0.1, -0.05) is 18.2 Å². The van der Waals surface area contributed by atoms with Gasteiger partial charge in [0, 0.05) is 70.4 Å². The van der Waals surface area contributed by atoms with Crippen LogP contribution in [0.15, 0.2) is 46.9 Å². The number of hydrogen-bond acceptors (Lipinski definition) is 7. The number of benzene rings is 2. The highest BCUT2D eigenvalue weighted by Gasteiger charge is 2.24. The molecule has 0 radical (unpaired) electrons. The molecule has 2 aliphatic rings. The number of nitrogens with one attached hydrogen (secondary N) is 2. The van der Waals surface area contributed by atoms with E-state index in [2.05, 4.69) is 50.5 Å². The number of carbonyl (C=O) groups excluding carboxylic acids is 3. The quantitative estimate of drug-likeness (QED) is 0.383. The Morgan fingerprint density at radius 3 is 2.32 bits per heavy atom. The molecule has 10 nitrogen and oxygen atoms in total. The van der Waals surface area contributed by atoms with E-state index in [-0.39, 0.29) is 23.4 Å². The number of anilines is 3. The summed E-state index contributed by atoms with van der Waals surface area (Å²) in [6.45, 7) is 10.6.